The number of hydrogen-bond acceptors (Lipinski definition) is 10. The van der Waals surface area contributed by atoms with Crippen LogP contribution >= 0.6 is 23.2 Å². The van der Waals surface area contributed by atoms with Gasteiger partial charge in [-0.2, -0.15) is 4.98 Å². The van der Waals surface area contributed by atoms with Gasteiger partial charge in [0, 0.05) is 69.0 Å². The van der Waals surface area contributed by atoms with E-state index in [1.807, 2.05) is 0 Å². The van der Waals surface area contributed by atoms with Crippen LogP contribution in [0.3, 0.4) is 0 Å². The molecular weight excluding hydrogens is 609 g/mol. The molecule has 5 rings (SSSR count). The first kappa shape index (κ1) is 32.0. The summed E-state index contributed by atoms with van der Waals surface area (Å²) < 4.78 is 18.4. The van der Waals surface area contributed by atoms with E-state index in [1.165, 1.54) is 20.3 Å². The highest BCUT2D eigenvalue weighted by atomic mass is 35.5. The molecular formula is C30H37Cl2N7O5. The number of carbonyl (C=O) groups excluding carboxylic acids is 1. The lowest BCUT2D eigenvalue weighted by Gasteiger charge is -2.38. The van der Waals surface area contributed by atoms with Gasteiger partial charge in [-0.05, 0) is 25.1 Å². The molecule has 0 bridgehead atoms. The first-order valence-corrected chi connectivity index (χ1v) is 15.3. The van der Waals surface area contributed by atoms with Crippen LogP contribution in [0.5, 0.6) is 11.5 Å². The monoisotopic (exact) mass is 645 g/mol. The molecule has 0 unspecified atom stereocenters. The molecule has 0 aliphatic carbocycles. The number of methoxy groups -OCH3 is 2. The number of rotatable bonds is 13. The number of ether oxygens (including phenoxy) is 3. The number of halogens is 2. The fourth-order valence-electron chi connectivity index (χ4n) is 5.35. The lowest BCUT2D eigenvalue weighted by atomic mass is 10.0. The highest BCUT2D eigenvalue weighted by Gasteiger charge is 2.30. The SMILES string of the molecule is C=CC(=O)N1CC(OCCn2c(=O)c(-c3c(Cl)c(OC)cc(OC)c3Cl)cc3cnc(NCCCN4CCNCC4)nc32)C1. The third-order valence-corrected chi connectivity index (χ3v) is 8.57. The number of piperazine rings is 1. The summed E-state index contributed by atoms with van der Waals surface area (Å²) in [6, 6.07) is 3.25. The van der Waals surface area contributed by atoms with Crippen molar-refractivity contribution in [1.29, 1.82) is 0 Å². The van der Waals surface area contributed by atoms with Crippen molar-refractivity contribution in [2.75, 3.05) is 78.5 Å². The van der Waals surface area contributed by atoms with Crippen LogP contribution in [0.4, 0.5) is 5.95 Å². The van der Waals surface area contributed by atoms with Gasteiger partial charge in [-0.3, -0.25) is 14.2 Å². The largest absolute Gasteiger partial charge is 0.495 e. The number of aromatic nitrogens is 3. The molecule has 1 amide bonds. The second kappa shape index (κ2) is 14.6. The van der Waals surface area contributed by atoms with E-state index in [1.54, 1.807) is 27.8 Å². The van der Waals surface area contributed by atoms with Crippen molar-refractivity contribution in [2.24, 2.45) is 0 Å². The second-order valence-corrected chi connectivity index (χ2v) is 11.3. The maximum atomic E-state index is 14.1. The Labute approximate surface area is 265 Å². The molecule has 2 aliphatic rings. The van der Waals surface area contributed by atoms with Crippen LogP contribution < -0.4 is 25.7 Å². The first-order valence-electron chi connectivity index (χ1n) is 14.5. The number of nitrogens with one attached hydrogen (secondary N) is 2. The van der Waals surface area contributed by atoms with Crippen LogP contribution in [-0.4, -0.2) is 110 Å². The van der Waals surface area contributed by atoms with Crippen molar-refractivity contribution < 1.29 is 19.0 Å². The molecule has 2 saturated heterocycles. The summed E-state index contributed by atoms with van der Waals surface area (Å²) in [6.45, 7) is 10.7. The number of nitrogens with zero attached hydrogens (tertiary/aromatic N) is 5. The van der Waals surface area contributed by atoms with E-state index in [2.05, 4.69) is 27.1 Å². The van der Waals surface area contributed by atoms with Crippen LogP contribution in [0.15, 0.2) is 35.8 Å². The lowest BCUT2D eigenvalue weighted by Crippen LogP contribution is -2.54. The molecule has 12 nitrogen and oxygen atoms in total. The van der Waals surface area contributed by atoms with E-state index in [4.69, 9.17) is 42.4 Å². The van der Waals surface area contributed by atoms with Gasteiger partial charge in [-0.1, -0.05) is 29.8 Å². The van der Waals surface area contributed by atoms with Gasteiger partial charge in [0.15, 0.2) is 0 Å². The van der Waals surface area contributed by atoms with Crippen LogP contribution in [-0.2, 0) is 16.1 Å². The van der Waals surface area contributed by atoms with Crippen LogP contribution in [0.2, 0.25) is 10.0 Å². The van der Waals surface area contributed by atoms with Gasteiger partial charge in [0.1, 0.15) is 17.1 Å². The highest BCUT2D eigenvalue weighted by molar-refractivity contribution is 6.41. The number of amides is 1. The van der Waals surface area contributed by atoms with E-state index >= 15 is 0 Å². The number of hydrogen-bond donors (Lipinski definition) is 2. The summed E-state index contributed by atoms with van der Waals surface area (Å²) in [5.74, 6) is 0.929. The Morgan fingerprint density at radius 2 is 1.84 bits per heavy atom. The molecule has 2 aromatic heterocycles. The molecule has 0 saturated carbocycles. The molecule has 2 aliphatic heterocycles. The van der Waals surface area contributed by atoms with E-state index in [0.717, 1.165) is 39.1 Å². The van der Waals surface area contributed by atoms with Gasteiger partial charge < -0.3 is 34.6 Å². The predicted octanol–water partition coefficient (Wildman–Crippen LogP) is 2.90. The van der Waals surface area contributed by atoms with E-state index in [9.17, 15) is 9.59 Å². The Morgan fingerprint density at radius 3 is 2.50 bits per heavy atom. The third-order valence-electron chi connectivity index (χ3n) is 7.82. The number of fused-ring (bicyclic) bond motifs is 1. The summed E-state index contributed by atoms with van der Waals surface area (Å²) in [5, 5.41) is 7.65. The maximum absolute atomic E-state index is 14.1. The smallest absolute Gasteiger partial charge is 0.260 e. The van der Waals surface area contributed by atoms with Gasteiger partial charge in [0.05, 0.1) is 49.1 Å². The fourth-order valence-corrected chi connectivity index (χ4v) is 6.06. The number of carbonyl (C=O) groups is 1. The van der Waals surface area contributed by atoms with Crippen molar-refractivity contribution in [1.82, 2.24) is 29.7 Å². The molecule has 44 heavy (non-hydrogen) atoms. The van der Waals surface area contributed by atoms with E-state index in [-0.39, 0.29) is 46.3 Å². The molecule has 2 N–H and O–H groups in total. The summed E-state index contributed by atoms with van der Waals surface area (Å²) in [6.07, 6.45) is 3.76. The summed E-state index contributed by atoms with van der Waals surface area (Å²) in [5.41, 5.74) is 0.622. The Bertz CT molecular complexity index is 1540. The molecule has 14 heteroatoms. The Morgan fingerprint density at radius 1 is 1.14 bits per heavy atom. The minimum atomic E-state index is -0.361. The Balaban J connectivity index is 1.43. The van der Waals surface area contributed by atoms with Crippen LogP contribution in [0.25, 0.3) is 22.2 Å². The zero-order valence-corrected chi connectivity index (χ0v) is 26.4. The summed E-state index contributed by atoms with van der Waals surface area (Å²) >= 11 is 13.4. The average molecular weight is 647 g/mol. The molecule has 3 aromatic rings. The van der Waals surface area contributed by atoms with Gasteiger partial charge in [-0.25, -0.2) is 4.98 Å². The van der Waals surface area contributed by atoms with Crippen molar-refractivity contribution in [3.63, 3.8) is 0 Å². The van der Waals surface area contributed by atoms with Crippen LogP contribution in [0, 0.1) is 0 Å². The summed E-state index contributed by atoms with van der Waals surface area (Å²) in [7, 11) is 2.95. The highest BCUT2D eigenvalue weighted by Crippen LogP contribution is 2.45. The molecule has 4 heterocycles. The number of pyridine rings is 1. The quantitative estimate of drug-likeness (QED) is 0.212. The Kier molecular flexibility index (Phi) is 10.6. The minimum Gasteiger partial charge on any atom is -0.495 e. The normalized spacial score (nSPS) is 15.7. The van der Waals surface area contributed by atoms with Gasteiger partial charge in [0.25, 0.3) is 5.56 Å². The first-order chi connectivity index (χ1) is 21.3. The zero-order chi connectivity index (χ0) is 31.2. The fraction of sp³-hybridized carbons (Fsp3) is 0.467. The molecule has 0 spiro atoms. The van der Waals surface area contributed by atoms with Crippen molar-refractivity contribution in [3.05, 3.63) is 51.4 Å². The molecule has 1 aromatic carbocycles. The number of benzene rings is 1. The van der Waals surface area contributed by atoms with Crippen molar-refractivity contribution >= 4 is 46.1 Å². The maximum Gasteiger partial charge on any atom is 0.260 e. The third kappa shape index (κ3) is 6.94. The number of anilines is 1. The van der Waals surface area contributed by atoms with E-state index in [0.29, 0.717) is 53.7 Å². The molecule has 0 radical (unpaired) electrons. The average Bonchev–Trinajstić information content (AvgIpc) is 3.02. The molecule has 2 fully saturated rings. The van der Waals surface area contributed by atoms with Gasteiger partial charge >= 0.3 is 0 Å². The standard InChI is InChI=1S/C30H37Cl2N7O5/c1-4-24(40)38-17-20(18-38)44-13-12-39-28-19(16-35-30(36-28)34-6-5-9-37-10-7-33-8-11-37)14-21(29(39)41)25-26(31)22(42-2)15-23(43-3)27(25)32/h4,14-16,20,33H,1,5-13,17-18H2,2-3H3,(H,34,35,36). The summed E-state index contributed by atoms with van der Waals surface area (Å²) in [4.78, 5) is 39.2. The molecule has 0 atom stereocenters. The molecule has 236 valence electrons. The van der Waals surface area contributed by atoms with E-state index < -0.39 is 0 Å². The van der Waals surface area contributed by atoms with Crippen molar-refractivity contribution in [3.8, 4) is 22.6 Å². The second-order valence-electron chi connectivity index (χ2n) is 10.6. The minimum absolute atomic E-state index is 0.127. The lowest BCUT2D eigenvalue weighted by molar-refractivity contribution is -0.139. The Hall–Kier alpha value is -3.42. The van der Waals surface area contributed by atoms with Crippen LogP contribution in [0.1, 0.15) is 6.42 Å². The van der Waals surface area contributed by atoms with Crippen molar-refractivity contribution in [2.45, 2.75) is 19.1 Å². The number of likely N-dealkylation sites (tertiary alicyclic amines) is 1. The van der Waals surface area contributed by atoms with Gasteiger partial charge in [0.2, 0.25) is 11.9 Å². The topological polar surface area (TPSA) is 123 Å². The predicted molar refractivity (Wildman–Crippen MR) is 171 cm³/mol. The van der Waals surface area contributed by atoms with Gasteiger partial charge in [-0.15, -0.1) is 0 Å². The zero-order valence-electron chi connectivity index (χ0n) is 24.9.